The summed E-state index contributed by atoms with van der Waals surface area (Å²) in [6, 6.07) is 12.2. The van der Waals surface area contributed by atoms with Crippen LogP contribution in [0.4, 0.5) is 5.69 Å². The van der Waals surface area contributed by atoms with Gasteiger partial charge in [-0.05, 0) is 29.1 Å². The van der Waals surface area contributed by atoms with Gasteiger partial charge < -0.3 is 9.80 Å². The summed E-state index contributed by atoms with van der Waals surface area (Å²) in [5.74, 6) is -0.0502. The molecule has 3 aromatic rings. The van der Waals surface area contributed by atoms with Crippen LogP contribution in [0.1, 0.15) is 16.1 Å². The van der Waals surface area contributed by atoms with Crippen LogP contribution in [-0.4, -0.2) is 36.9 Å². The van der Waals surface area contributed by atoms with Crippen molar-refractivity contribution in [1.82, 2.24) is 9.88 Å². The smallest absolute Gasteiger partial charge is 0.273 e. The van der Waals surface area contributed by atoms with Gasteiger partial charge in [0.15, 0.2) is 0 Å². The predicted octanol–water partition coefficient (Wildman–Crippen LogP) is 4.21. The quantitative estimate of drug-likeness (QED) is 0.686. The van der Waals surface area contributed by atoms with Crippen LogP contribution >= 0.6 is 22.7 Å². The molecule has 0 unspecified atom stereocenters. The Labute approximate surface area is 150 Å². The molecule has 0 N–H and O–H groups in total. The van der Waals surface area contributed by atoms with Crippen molar-refractivity contribution in [1.29, 1.82) is 0 Å². The van der Waals surface area contributed by atoms with Crippen molar-refractivity contribution in [3.05, 3.63) is 58.4 Å². The zero-order valence-corrected chi connectivity index (χ0v) is 15.5. The normalized spacial score (nSPS) is 10.6. The molecule has 0 aliphatic carbocycles. The fraction of sp³-hybridized carbons (Fsp3) is 0.222. The molecular weight excluding hydrogens is 338 g/mol. The zero-order chi connectivity index (χ0) is 17.1. The van der Waals surface area contributed by atoms with Crippen molar-refractivity contribution < 1.29 is 4.79 Å². The van der Waals surface area contributed by atoms with Crippen LogP contribution in [0, 0.1) is 0 Å². The molecule has 124 valence electrons. The molecule has 0 bridgehead atoms. The maximum absolute atomic E-state index is 12.6. The van der Waals surface area contributed by atoms with E-state index in [4.69, 9.17) is 0 Å². The van der Waals surface area contributed by atoms with E-state index in [1.165, 1.54) is 11.3 Å². The maximum Gasteiger partial charge on any atom is 0.273 e. The molecule has 0 radical (unpaired) electrons. The SMILES string of the molecule is CN(Cc1ccc(N(C)C)cc1)C(=O)c1csc(-c2cccs2)n1. The zero-order valence-electron chi connectivity index (χ0n) is 13.9. The van der Waals surface area contributed by atoms with E-state index < -0.39 is 0 Å². The summed E-state index contributed by atoms with van der Waals surface area (Å²) in [5, 5.41) is 4.75. The monoisotopic (exact) mass is 357 g/mol. The van der Waals surface area contributed by atoms with Crippen LogP contribution < -0.4 is 4.90 Å². The molecule has 0 fully saturated rings. The minimum atomic E-state index is -0.0502. The Morgan fingerprint density at radius 1 is 1.08 bits per heavy atom. The largest absolute Gasteiger partial charge is 0.378 e. The lowest BCUT2D eigenvalue weighted by Crippen LogP contribution is -2.26. The summed E-state index contributed by atoms with van der Waals surface area (Å²) in [5.41, 5.74) is 2.76. The predicted molar refractivity (Wildman–Crippen MR) is 102 cm³/mol. The molecule has 1 aromatic carbocycles. The third kappa shape index (κ3) is 3.66. The van der Waals surface area contributed by atoms with Gasteiger partial charge in [-0.15, -0.1) is 22.7 Å². The van der Waals surface area contributed by atoms with E-state index in [9.17, 15) is 4.79 Å². The third-order valence-corrected chi connectivity index (χ3v) is 5.56. The molecular formula is C18H19N3OS2. The van der Waals surface area contributed by atoms with Crippen LogP contribution in [0.5, 0.6) is 0 Å². The van der Waals surface area contributed by atoms with Crippen LogP contribution in [0.3, 0.4) is 0 Å². The number of nitrogens with zero attached hydrogens (tertiary/aromatic N) is 3. The van der Waals surface area contributed by atoms with Crippen molar-refractivity contribution in [3.63, 3.8) is 0 Å². The summed E-state index contributed by atoms with van der Waals surface area (Å²) < 4.78 is 0. The van der Waals surface area contributed by atoms with Gasteiger partial charge in [0.05, 0.1) is 4.88 Å². The molecule has 0 aliphatic rings. The molecule has 2 heterocycles. The summed E-state index contributed by atoms with van der Waals surface area (Å²) >= 11 is 3.15. The topological polar surface area (TPSA) is 36.4 Å². The molecule has 0 atom stereocenters. The average molecular weight is 358 g/mol. The number of hydrogen-bond donors (Lipinski definition) is 0. The average Bonchev–Trinajstić information content (AvgIpc) is 3.25. The van der Waals surface area contributed by atoms with Gasteiger partial charge in [0, 0.05) is 38.8 Å². The highest BCUT2D eigenvalue weighted by atomic mass is 32.1. The molecule has 2 aromatic heterocycles. The first-order valence-electron chi connectivity index (χ1n) is 7.56. The fourth-order valence-electron chi connectivity index (χ4n) is 2.33. The number of thiazole rings is 1. The summed E-state index contributed by atoms with van der Waals surface area (Å²) in [6.07, 6.45) is 0. The lowest BCUT2D eigenvalue weighted by atomic mass is 10.2. The lowest BCUT2D eigenvalue weighted by molar-refractivity contribution is 0.0780. The molecule has 0 spiro atoms. The molecule has 1 amide bonds. The minimum Gasteiger partial charge on any atom is -0.378 e. The van der Waals surface area contributed by atoms with E-state index in [1.807, 2.05) is 44.0 Å². The Hall–Kier alpha value is -2.18. The number of aromatic nitrogens is 1. The van der Waals surface area contributed by atoms with E-state index in [0.717, 1.165) is 21.1 Å². The van der Waals surface area contributed by atoms with Crippen molar-refractivity contribution >= 4 is 34.3 Å². The van der Waals surface area contributed by atoms with Crippen LogP contribution in [0.25, 0.3) is 9.88 Å². The van der Waals surface area contributed by atoms with Gasteiger partial charge >= 0.3 is 0 Å². The van der Waals surface area contributed by atoms with Crippen molar-refractivity contribution in [2.24, 2.45) is 0 Å². The van der Waals surface area contributed by atoms with E-state index >= 15 is 0 Å². The van der Waals surface area contributed by atoms with E-state index in [-0.39, 0.29) is 5.91 Å². The van der Waals surface area contributed by atoms with Crippen LogP contribution in [0.15, 0.2) is 47.2 Å². The highest BCUT2D eigenvalue weighted by Crippen LogP contribution is 2.28. The molecule has 0 saturated heterocycles. The Bertz CT molecular complexity index is 807. The molecule has 0 saturated carbocycles. The Morgan fingerprint density at radius 2 is 1.83 bits per heavy atom. The Balaban J connectivity index is 1.68. The first kappa shape index (κ1) is 16.7. The second-order valence-corrected chi connectivity index (χ2v) is 7.54. The Kier molecular flexibility index (Phi) is 4.97. The Morgan fingerprint density at radius 3 is 2.46 bits per heavy atom. The fourth-order valence-corrected chi connectivity index (χ4v) is 3.93. The third-order valence-electron chi connectivity index (χ3n) is 3.67. The highest BCUT2D eigenvalue weighted by molar-refractivity contribution is 7.20. The van der Waals surface area contributed by atoms with Gasteiger partial charge in [-0.25, -0.2) is 4.98 Å². The van der Waals surface area contributed by atoms with E-state index in [2.05, 4.69) is 34.1 Å². The van der Waals surface area contributed by atoms with E-state index in [0.29, 0.717) is 12.2 Å². The first-order valence-corrected chi connectivity index (χ1v) is 9.31. The van der Waals surface area contributed by atoms with Gasteiger partial charge in [0.1, 0.15) is 10.7 Å². The number of anilines is 1. The number of thiophene rings is 1. The van der Waals surface area contributed by atoms with E-state index in [1.54, 1.807) is 16.2 Å². The van der Waals surface area contributed by atoms with Crippen molar-refractivity contribution in [3.8, 4) is 9.88 Å². The standard InChI is InChI=1S/C18H19N3OS2/c1-20(2)14-8-6-13(7-9-14)11-21(3)18(22)15-12-24-17(19-15)16-5-4-10-23-16/h4-10,12H,11H2,1-3H3. The van der Waals surface area contributed by atoms with Gasteiger partial charge in [0.25, 0.3) is 5.91 Å². The number of hydrogen-bond acceptors (Lipinski definition) is 5. The molecule has 4 nitrogen and oxygen atoms in total. The molecule has 6 heteroatoms. The summed E-state index contributed by atoms with van der Waals surface area (Å²) in [4.78, 5) is 21.9. The number of carbonyl (C=O) groups excluding carboxylic acids is 1. The molecule has 0 aliphatic heterocycles. The summed E-state index contributed by atoms with van der Waals surface area (Å²) in [7, 11) is 5.84. The second kappa shape index (κ2) is 7.15. The number of benzene rings is 1. The maximum atomic E-state index is 12.6. The van der Waals surface area contributed by atoms with Gasteiger partial charge in [-0.2, -0.15) is 0 Å². The second-order valence-electron chi connectivity index (χ2n) is 5.74. The number of rotatable bonds is 5. The van der Waals surface area contributed by atoms with Crippen molar-refractivity contribution in [2.45, 2.75) is 6.54 Å². The number of amides is 1. The first-order chi connectivity index (χ1) is 11.5. The molecule has 24 heavy (non-hydrogen) atoms. The lowest BCUT2D eigenvalue weighted by Gasteiger charge is -2.17. The van der Waals surface area contributed by atoms with Crippen LogP contribution in [0.2, 0.25) is 0 Å². The van der Waals surface area contributed by atoms with Crippen LogP contribution in [-0.2, 0) is 6.54 Å². The van der Waals surface area contributed by atoms with Crippen molar-refractivity contribution in [2.75, 3.05) is 26.0 Å². The number of carbonyl (C=O) groups is 1. The summed E-state index contributed by atoms with van der Waals surface area (Å²) in [6.45, 7) is 0.568. The van der Waals surface area contributed by atoms with Gasteiger partial charge in [-0.3, -0.25) is 4.79 Å². The van der Waals surface area contributed by atoms with Gasteiger partial charge in [0.2, 0.25) is 0 Å². The minimum absolute atomic E-state index is 0.0502. The highest BCUT2D eigenvalue weighted by Gasteiger charge is 2.16. The van der Waals surface area contributed by atoms with Gasteiger partial charge in [-0.1, -0.05) is 18.2 Å². The molecule has 3 rings (SSSR count).